The minimum Gasteiger partial charge on any atom is -0.494 e. The SMILES string of the molecule is O=C(CCCOc1ccc(F)cc1)N1CCc2cc(S(=O)(=O)N3CCCCC3)ccc21. The molecule has 6 nitrogen and oxygen atoms in total. The predicted octanol–water partition coefficient (Wildman–Crippen LogP) is 3.75. The van der Waals surface area contributed by atoms with Crippen molar-refractivity contribution in [2.45, 2.75) is 43.4 Å². The number of benzene rings is 2. The van der Waals surface area contributed by atoms with Gasteiger partial charge in [-0.15, -0.1) is 0 Å². The minimum atomic E-state index is -3.48. The molecule has 1 saturated heterocycles. The zero-order valence-corrected chi connectivity index (χ0v) is 18.2. The molecule has 0 N–H and O–H groups in total. The Bertz CT molecular complexity index is 1030. The van der Waals surface area contributed by atoms with Gasteiger partial charge < -0.3 is 9.64 Å². The van der Waals surface area contributed by atoms with E-state index in [4.69, 9.17) is 4.74 Å². The van der Waals surface area contributed by atoms with E-state index in [9.17, 15) is 17.6 Å². The van der Waals surface area contributed by atoms with Gasteiger partial charge in [0.1, 0.15) is 11.6 Å². The van der Waals surface area contributed by atoms with Gasteiger partial charge in [0.25, 0.3) is 0 Å². The highest BCUT2D eigenvalue weighted by molar-refractivity contribution is 7.89. The van der Waals surface area contributed by atoms with Crippen molar-refractivity contribution < 1.29 is 22.3 Å². The number of ether oxygens (including phenoxy) is 1. The van der Waals surface area contributed by atoms with Gasteiger partial charge in [0.2, 0.25) is 15.9 Å². The van der Waals surface area contributed by atoms with Crippen LogP contribution in [0.2, 0.25) is 0 Å². The van der Waals surface area contributed by atoms with Crippen molar-refractivity contribution in [3.8, 4) is 5.75 Å². The van der Waals surface area contributed by atoms with Gasteiger partial charge in [-0.1, -0.05) is 6.42 Å². The molecule has 2 aliphatic rings. The van der Waals surface area contributed by atoms with Crippen LogP contribution in [0.1, 0.15) is 37.7 Å². The molecule has 0 atom stereocenters. The van der Waals surface area contributed by atoms with Crippen molar-refractivity contribution in [1.29, 1.82) is 0 Å². The number of anilines is 1. The van der Waals surface area contributed by atoms with Gasteiger partial charge >= 0.3 is 0 Å². The molecule has 8 heteroatoms. The Kier molecular flexibility index (Phi) is 6.57. The molecule has 0 aromatic heterocycles. The Morgan fingerprint density at radius 3 is 2.48 bits per heavy atom. The van der Waals surface area contributed by atoms with Gasteiger partial charge in [0.05, 0.1) is 11.5 Å². The highest BCUT2D eigenvalue weighted by Crippen LogP contribution is 2.32. The minimum absolute atomic E-state index is 0.00639. The number of rotatable bonds is 7. The maximum Gasteiger partial charge on any atom is 0.243 e. The lowest BCUT2D eigenvalue weighted by molar-refractivity contribution is -0.118. The summed E-state index contributed by atoms with van der Waals surface area (Å²) >= 11 is 0. The molecular formula is C23H27FN2O4S. The van der Waals surface area contributed by atoms with Crippen LogP contribution in [0.25, 0.3) is 0 Å². The molecule has 0 radical (unpaired) electrons. The number of fused-ring (bicyclic) bond motifs is 1. The van der Waals surface area contributed by atoms with E-state index in [1.54, 1.807) is 39.5 Å². The number of nitrogens with zero attached hydrogens (tertiary/aromatic N) is 2. The van der Waals surface area contributed by atoms with Crippen LogP contribution in [0.4, 0.5) is 10.1 Å². The van der Waals surface area contributed by atoms with E-state index < -0.39 is 10.0 Å². The molecule has 0 aliphatic carbocycles. The number of hydrogen-bond acceptors (Lipinski definition) is 4. The Morgan fingerprint density at radius 2 is 1.74 bits per heavy atom. The topological polar surface area (TPSA) is 66.9 Å². The summed E-state index contributed by atoms with van der Waals surface area (Å²) in [5.41, 5.74) is 1.69. The van der Waals surface area contributed by atoms with Crippen LogP contribution in [0, 0.1) is 5.82 Å². The second kappa shape index (κ2) is 9.36. The van der Waals surface area contributed by atoms with Crippen LogP contribution in [0.3, 0.4) is 0 Å². The van der Waals surface area contributed by atoms with Gasteiger partial charge in [-0.05, 0) is 73.7 Å². The van der Waals surface area contributed by atoms with Gasteiger partial charge in [-0.2, -0.15) is 4.31 Å². The molecule has 0 saturated carbocycles. The summed E-state index contributed by atoms with van der Waals surface area (Å²) in [7, 11) is -3.48. The smallest absolute Gasteiger partial charge is 0.243 e. The van der Waals surface area contributed by atoms with E-state index in [0.29, 0.717) is 56.1 Å². The van der Waals surface area contributed by atoms with E-state index in [-0.39, 0.29) is 11.7 Å². The fraction of sp³-hybridized carbons (Fsp3) is 0.435. The van der Waals surface area contributed by atoms with Gasteiger partial charge in [0.15, 0.2) is 0 Å². The van der Waals surface area contributed by atoms with Crippen LogP contribution in [-0.4, -0.2) is 44.9 Å². The quantitative estimate of drug-likeness (QED) is 0.608. The lowest BCUT2D eigenvalue weighted by atomic mass is 10.2. The van der Waals surface area contributed by atoms with E-state index >= 15 is 0 Å². The predicted molar refractivity (Wildman–Crippen MR) is 116 cm³/mol. The number of hydrogen-bond donors (Lipinski definition) is 0. The lowest BCUT2D eigenvalue weighted by Crippen LogP contribution is -2.35. The molecule has 31 heavy (non-hydrogen) atoms. The Balaban J connectivity index is 1.34. The second-order valence-corrected chi connectivity index (χ2v) is 9.89. The van der Waals surface area contributed by atoms with Crippen LogP contribution in [0.15, 0.2) is 47.4 Å². The largest absolute Gasteiger partial charge is 0.494 e. The number of halogens is 1. The summed E-state index contributed by atoms with van der Waals surface area (Å²) in [6.45, 7) is 2.07. The summed E-state index contributed by atoms with van der Waals surface area (Å²) in [5.74, 6) is 0.248. The van der Waals surface area contributed by atoms with Crippen molar-refractivity contribution >= 4 is 21.6 Å². The fourth-order valence-electron chi connectivity index (χ4n) is 4.13. The third-order valence-corrected chi connectivity index (χ3v) is 7.71. The first-order valence-corrected chi connectivity index (χ1v) is 12.2. The van der Waals surface area contributed by atoms with Crippen LogP contribution < -0.4 is 9.64 Å². The van der Waals surface area contributed by atoms with E-state index in [2.05, 4.69) is 0 Å². The van der Waals surface area contributed by atoms with Crippen molar-refractivity contribution in [2.75, 3.05) is 31.1 Å². The molecule has 4 rings (SSSR count). The maximum absolute atomic E-state index is 12.9. The number of amides is 1. The molecule has 0 unspecified atom stereocenters. The monoisotopic (exact) mass is 446 g/mol. The molecule has 2 aliphatic heterocycles. The van der Waals surface area contributed by atoms with Crippen LogP contribution in [-0.2, 0) is 21.2 Å². The van der Waals surface area contributed by atoms with Crippen LogP contribution >= 0.6 is 0 Å². The number of piperidine rings is 1. The van der Waals surface area contributed by atoms with Crippen LogP contribution in [0.5, 0.6) is 5.75 Å². The summed E-state index contributed by atoms with van der Waals surface area (Å²) in [6.07, 6.45) is 4.39. The van der Waals surface area contributed by atoms with Gasteiger partial charge in [-0.25, -0.2) is 12.8 Å². The van der Waals surface area contributed by atoms with E-state index in [1.807, 2.05) is 0 Å². The van der Waals surface area contributed by atoms with Crippen molar-refractivity contribution in [1.82, 2.24) is 4.31 Å². The molecule has 2 aromatic carbocycles. The zero-order valence-electron chi connectivity index (χ0n) is 17.4. The first-order valence-electron chi connectivity index (χ1n) is 10.8. The van der Waals surface area contributed by atoms with Gasteiger partial charge in [0, 0.05) is 31.7 Å². The molecule has 0 bridgehead atoms. The molecule has 0 spiro atoms. The maximum atomic E-state index is 12.9. The van der Waals surface area contributed by atoms with Crippen molar-refractivity contribution in [3.05, 3.63) is 53.8 Å². The summed E-state index contributed by atoms with van der Waals surface area (Å²) in [4.78, 5) is 14.7. The average Bonchev–Trinajstić information content (AvgIpc) is 3.22. The Labute approximate surface area is 182 Å². The summed E-state index contributed by atoms with van der Waals surface area (Å²) in [5, 5.41) is 0. The Hall–Kier alpha value is -2.45. The zero-order chi connectivity index (χ0) is 21.8. The molecule has 1 fully saturated rings. The Morgan fingerprint density at radius 1 is 1.00 bits per heavy atom. The molecule has 166 valence electrons. The number of carbonyl (C=O) groups excluding carboxylic acids is 1. The molecular weight excluding hydrogens is 419 g/mol. The first kappa shape index (κ1) is 21.8. The lowest BCUT2D eigenvalue weighted by Gasteiger charge is -2.26. The summed E-state index contributed by atoms with van der Waals surface area (Å²) in [6, 6.07) is 10.9. The normalized spacial score (nSPS) is 16.9. The molecule has 1 amide bonds. The highest BCUT2D eigenvalue weighted by Gasteiger charge is 2.29. The molecule has 2 heterocycles. The van der Waals surface area contributed by atoms with E-state index in [0.717, 1.165) is 30.5 Å². The third-order valence-electron chi connectivity index (χ3n) is 5.82. The first-order chi connectivity index (χ1) is 14.9. The summed E-state index contributed by atoms with van der Waals surface area (Å²) < 4.78 is 45.9. The van der Waals surface area contributed by atoms with Crippen molar-refractivity contribution in [3.63, 3.8) is 0 Å². The number of carbonyl (C=O) groups is 1. The molecule has 2 aromatic rings. The number of sulfonamides is 1. The standard InChI is InChI=1S/C23H27FN2O4S/c24-19-6-8-20(9-7-19)30-16-4-5-23(27)26-15-12-18-17-21(10-11-22(18)26)31(28,29)25-13-2-1-3-14-25/h6-11,17H,1-5,12-16H2. The van der Waals surface area contributed by atoms with Gasteiger partial charge in [-0.3, -0.25) is 4.79 Å². The van der Waals surface area contributed by atoms with Crippen molar-refractivity contribution in [2.24, 2.45) is 0 Å². The third kappa shape index (κ3) is 4.91. The fourth-order valence-corrected chi connectivity index (χ4v) is 5.70. The average molecular weight is 447 g/mol. The second-order valence-electron chi connectivity index (χ2n) is 7.96. The highest BCUT2D eigenvalue weighted by atomic mass is 32.2. The van der Waals surface area contributed by atoms with E-state index in [1.165, 1.54) is 12.1 Å².